The summed E-state index contributed by atoms with van der Waals surface area (Å²) in [6.45, 7) is 0.646. The number of carbonyl (C=O) groups excluding carboxylic acids is 4. The van der Waals surface area contributed by atoms with Crippen molar-refractivity contribution in [2.24, 2.45) is 0 Å². The topological polar surface area (TPSA) is 129 Å². The van der Waals surface area contributed by atoms with Gasteiger partial charge in [-0.25, -0.2) is 4.79 Å². The molecule has 42 heavy (non-hydrogen) atoms. The van der Waals surface area contributed by atoms with E-state index in [2.05, 4.69) is 5.32 Å². The number of rotatable bonds is 2. The van der Waals surface area contributed by atoms with Crippen LogP contribution in [-0.4, -0.2) is 83.4 Å². The lowest BCUT2D eigenvalue weighted by Crippen LogP contribution is -2.47. The van der Waals surface area contributed by atoms with Gasteiger partial charge in [0.2, 0.25) is 5.91 Å². The van der Waals surface area contributed by atoms with Crippen molar-refractivity contribution >= 4 is 23.8 Å². The molecule has 7 rings (SSSR count). The van der Waals surface area contributed by atoms with Crippen LogP contribution in [0.25, 0.3) is 0 Å². The SMILES string of the molecule is CN1CC(=O)N(CC(=O)N2CCc3cc4ccc3C2c2cccc(c2)OCCCNC(=O)c2cc(ccc2O)O4)C1=O. The summed E-state index contributed by atoms with van der Waals surface area (Å²) in [5.41, 5.74) is 2.79. The predicted octanol–water partition coefficient (Wildman–Crippen LogP) is 3.06. The minimum Gasteiger partial charge on any atom is -0.507 e. The van der Waals surface area contributed by atoms with Gasteiger partial charge >= 0.3 is 6.03 Å². The summed E-state index contributed by atoms with van der Waals surface area (Å²) < 4.78 is 12.1. The highest BCUT2D eigenvalue weighted by Crippen LogP contribution is 2.39. The van der Waals surface area contributed by atoms with E-state index in [0.29, 0.717) is 49.8 Å². The van der Waals surface area contributed by atoms with Crippen molar-refractivity contribution < 1.29 is 33.8 Å². The van der Waals surface area contributed by atoms with Crippen molar-refractivity contribution in [2.75, 3.05) is 39.8 Å². The van der Waals surface area contributed by atoms with Crippen LogP contribution in [0.5, 0.6) is 23.0 Å². The predicted molar refractivity (Wildman–Crippen MR) is 151 cm³/mol. The third-order valence-corrected chi connectivity index (χ3v) is 7.68. The van der Waals surface area contributed by atoms with Gasteiger partial charge < -0.3 is 29.7 Å². The molecule has 1 saturated heterocycles. The van der Waals surface area contributed by atoms with Crippen molar-refractivity contribution in [3.05, 3.63) is 82.9 Å². The number of phenols is 1. The fraction of sp³-hybridized carbons (Fsp3) is 0.290. The minimum atomic E-state index is -0.485. The van der Waals surface area contributed by atoms with E-state index >= 15 is 0 Å². The molecule has 3 aromatic rings. The number of likely N-dealkylation sites (N-methyl/N-ethyl adjacent to an activating group) is 1. The molecule has 216 valence electrons. The van der Waals surface area contributed by atoms with E-state index in [0.717, 1.165) is 21.6 Å². The van der Waals surface area contributed by atoms with Gasteiger partial charge in [0.05, 0.1) is 18.2 Å². The quantitative estimate of drug-likeness (QED) is 0.453. The first-order chi connectivity index (χ1) is 20.3. The molecule has 3 aromatic carbocycles. The molecule has 1 unspecified atom stereocenters. The molecule has 5 amide bonds. The third kappa shape index (κ3) is 5.20. The number of hydrogen-bond acceptors (Lipinski definition) is 7. The van der Waals surface area contributed by atoms with Crippen molar-refractivity contribution in [1.29, 1.82) is 0 Å². The number of nitrogens with one attached hydrogen (secondary N) is 1. The number of benzene rings is 3. The minimum absolute atomic E-state index is 0.0489. The number of amides is 5. The maximum Gasteiger partial charge on any atom is 0.327 e. The number of ether oxygens (including phenoxy) is 2. The molecular weight excluding hydrogens is 540 g/mol. The van der Waals surface area contributed by atoms with Crippen molar-refractivity contribution in [2.45, 2.75) is 18.9 Å². The average Bonchev–Trinajstić information content (AvgIpc) is 3.22. The van der Waals surface area contributed by atoms with Gasteiger partial charge in [-0.05, 0) is 72.0 Å². The maximum absolute atomic E-state index is 13.7. The summed E-state index contributed by atoms with van der Waals surface area (Å²) in [6.07, 6.45) is 1.05. The maximum atomic E-state index is 13.7. The zero-order valence-corrected chi connectivity index (χ0v) is 23.0. The number of urea groups is 1. The van der Waals surface area contributed by atoms with Gasteiger partial charge in [0.1, 0.15) is 36.1 Å². The molecule has 1 fully saturated rings. The Balaban J connectivity index is 1.38. The van der Waals surface area contributed by atoms with Crippen LogP contribution in [0.15, 0.2) is 60.7 Å². The van der Waals surface area contributed by atoms with E-state index < -0.39 is 23.9 Å². The molecule has 4 aliphatic heterocycles. The standard InChI is InChI=1S/C31H30N4O7/c1-33-17-27(37)35(31(33)40)18-28(38)34-12-10-19-14-22-6-8-24(19)29(34)20-4-2-5-21(15-20)41-13-3-11-32-30(39)25-16-23(42-22)7-9-26(25)36/h2,4-9,14-16,29,36H,3,10-13,17-18H2,1H3,(H,32,39). The second-order valence-corrected chi connectivity index (χ2v) is 10.5. The summed E-state index contributed by atoms with van der Waals surface area (Å²) in [5.74, 6) is 0.249. The number of aromatic hydroxyl groups is 1. The number of fused-ring (bicyclic) bond motifs is 6. The van der Waals surface area contributed by atoms with Crippen LogP contribution in [0.3, 0.4) is 0 Å². The van der Waals surface area contributed by atoms with Crippen LogP contribution in [-0.2, 0) is 16.0 Å². The van der Waals surface area contributed by atoms with E-state index in [4.69, 9.17) is 9.47 Å². The highest BCUT2D eigenvalue weighted by molar-refractivity contribution is 6.04. The van der Waals surface area contributed by atoms with Crippen LogP contribution in [0.4, 0.5) is 4.79 Å². The Labute approximate surface area is 242 Å². The van der Waals surface area contributed by atoms with Gasteiger partial charge in [-0.2, -0.15) is 0 Å². The Morgan fingerprint density at radius 1 is 1.02 bits per heavy atom. The van der Waals surface area contributed by atoms with E-state index in [9.17, 15) is 24.3 Å². The Bertz CT molecular complexity index is 1590. The first kappa shape index (κ1) is 27.1. The monoisotopic (exact) mass is 570 g/mol. The summed E-state index contributed by atoms with van der Waals surface area (Å²) >= 11 is 0. The molecule has 8 bridgehead atoms. The molecule has 0 saturated carbocycles. The molecular formula is C31H30N4O7. The molecule has 4 aliphatic rings. The lowest BCUT2D eigenvalue weighted by Gasteiger charge is -2.38. The van der Waals surface area contributed by atoms with Crippen LogP contribution < -0.4 is 14.8 Å². The highest BCUT2D eigenvalue weighted by Gasteiger charge is 2.39. The first-order valence-corrected chi connectivity index (χ1v) is 13.8. The average molecular weight is 571 g/mol. The van der Waals surface area contributed by atoms with Gasteiger partial charge in [-0.1, -0.05) is 18.2 Å². The van der Waals surface area contributed by atoms with Crippen LogP contribution in [0, 0.1) is 0 Å². The van der Waals surface area contributed by atoms with E-state index in [1.807, 2.05) is 36.4 Å². The highest BCUT2D eigenvalue weighted by atomic mass is 16.5. The fourth-order valence-corrected chi connectivity index (χ4v) is 5.58. The zero-order chi connectivity index (χ0) is 29.4. The molecule has 2 N–H and O–H groups in total. The normalized spacial score (nSPS) is 18.6. The fourth-order valence-electron chi connectivity index (χ4n) is 5.58. The van der Waals surface area contributed by atoms with Gasteiger partial charge in [-0.15, -0.1) is 0 Å². The van der Waals surface area contributed by atoms with Gasteiger partial charge in [-0.3, -0.25) is 19.3 Å². The van der Waals surface area contributed by atoms with Gasteiger partial charge in [0.15, 0.2) is 0 Å². The Hall–Kier alpha value is -5.06. The van der Waals surface area contributed by atoms with E-state index in [1.165, 1.54) is 24.1 Å². The summed E-state index contributed by atoms with van der Waals surface area (Å²) in [4.78, 5) is 55.3. The van der Waals surface area contributed by atoms with Crippen LogP contribution in [0.2, 0.25) is 0 Å². The van der Waals surface area contributed by atoms with Gasteiger partial charge in [0.25, 0.3) is 11.8 Å². The smallest absolute Gasteiger partial charge is 0.327 e. The number of phenolic OH excluding ortho intramolecular Hbond substituents is 1. The lowest BCUT2D eigenvalue weighted by atomic mass is 9.87. The van der Waals surface area contributed by atoms with Crippen molar-refractivity contribution in [3.63, 3.8) is 0 Å². The second kappa shape index (κ2) is 11.1. The summed E-state index contributed by atoms with van der Waals surface area (Å²) in [5, 5.41) is 13.1. The molecule has 0 aromatic heterocycles. The molecule has 0 aliphatic carbocycles. The Morgan fingerprint density at radius 3 is 2.64 bits per heavy atom. The second-order valence-electron chi connectivity index (χ2n) is 10.5. The first-order valence-electron chi connectivity index (χ1n) is 13.8. The molecule has 0 spiro atoms. The molecule has 4 heterocycles. The van der Waals surface area contributed by atoms with Crippen LogP contribution >= 0.6 is 0 Å². The molecule has 11 nitrogen and oxygen atoms in total. The Kier molecular flexibility index (Phi) is 7.15. The Morgan fingerprint density at radius 2 is 1.83 bits per heavy atom. The zero-order valence-electron chi connectivity index (χ0n) is 23.0. The van der Waals surface area contributed by atoms with Gasteiger partial charge in [0, 0.05) is 20.1 Å². The van der Waals surface area contributed by atoms with E-state index in [-0.39, 0.29) is 30.3 Å². The molecule has 11 heteroatoms. The van der Waals surface area contributed by atoms with Crippen molar-refractivity contribution in [3.8, 4) is 23.0 Å². The van der Waals surface area contributed by atoms with Crippen LogP contribution in [0.1, 0.15) is 39.5 Å². The largest absolute Gasteiger partial charge is 0.507 e. The lowest BCUT2D eigenvalue weighted by molar-refractivity contribution is -0.138. The third-order valence-electron chi connectivity index (χ3n) is 7.68. The summed E-state index contributed by atoms with van der Waals surface area (Å²) in [6, 6.07) is 16.6. The number of imide groups is 1. The van der Waals surface area contributed by atoms with Crippen molar-refractivity contribution in [1.82, 2.24) is 20.0 Å². The number of carbonyl (C=O) groups is 4. The van der Waals surface area contributed by atoms with E-state index in [1.54, 1.807) is 17.0 Å². The number of hydrogen-bond donors (Lipinski definition) is 2. The number of nitrogens with zero attached hydrogens (tertiary/aromatic N) is 3. The summed E-state index contributed by atoms with van der Waals surface area (Å²) in [7, 11) is 1.53. The molecule has 0 radical (unpaired) electrons. The molecule has 1 atom stereocenters.